The minimum absolute atomic E-state index is 0.101. The summed E-state index contributed by atoms with van der Waals surface area (Å²) in [5, 5.41) is 8.56. The van der Waals surface area contributed by atoms with Gasteiger partial charge in [-0.1, -0.05) is 6.92 Å². The molecule has 10 nitrogen and oxygen atoms in total. The molecule has 0 aliphatic heterocycles. The van der Waals surface area contributed by atoms with Crippen LogP contribution in [-0.2, 0) is 32.3 Å². The molecule has 2 unspecified atom stereocenters. The largest absolute Gasteiger partial charge is 0.481 e. The fourth-order valence-corrected chi connectivity index (χ4v) is 6.97. The minimum Gasteiger partial charge on any atom is -0.481 e. The first-order valence-electron chi connectivity index (χ1n) is 7.95. The molecule has 2 atom stereocenters. The Morgan fingerprint density at radius 3 is 1.80 bits per heavy atom. The van der Waals surface area contributed by atoms with Gasteiger partial charge in [-0.25, -0.2) is 0 Å². The average Bonchev–Trinajstić information content (AvgIpc) is 2.50. The number of carbonyl (C=O) groups is 2. The zero-order valence-corrected chi connectivity index (χ0v) is 16.7. The van der Waals surface area contributed by atoms with Crippen molar-refractivity contribution in [3.8, 4) is 0 Å². The van der Waals surface area contributed by atoms with Gasteiger partial charge >= 0.3 is 21.2 Å². The van der Waals surface area contributed by atoms with E-state index in [9.17, 15) is 23.6 Å². The van der Waals surface area contributed by atoms with E-state index in [4.69, 9.17) is 18.7 Å². The van der Waals surface area contributed by atoms with E-state index in [1.54, 1.807) is 0 Å². The predicted octanol–water partition coefficient (Wildman–Crippen LogP) is 2.52. The molecule has 0 aromatic heterocycles. The van der Waals surface area contributed by atoms with Crippen molar-refractivity contribution in [3.05, 3.63) is 0 Å². The first-order valence-corrected chi connectivity index (χ1v) is 11.1. The third-order valence-corrected chi connectivity index (χ3v) is 9.22. The Hall–Kier alpha value is -0.760. The third kappa shape index (κ3) is 5.88. The summed E-state index contributed by atoms with van der Waals surface area (Å²) in [6.45, 7) is 5.53. The fourth-order valence-electron chi connectivity index (χ4n) is 2.15. The van der Waals surface area contributed by atoms with E-state index in [-0.39, 0.29) is 26.2 Å². The van der Waals surface area contributed by atoms with Crippen LogP contribution in [0.25, 0.3) is 0 Å². The molecule has 12 heteroatoms. The summed E-state index contributed by atoms with van der Waals surface area (Å²) in [5.41, 5.74) is 0. The van der Waals surface area contributed by atoms with Gasteiger partial charge in [0.1, 0.15) is 0 Å². The van der Waals surface area contributed by atoms with E-state index in [1.807, 2.05) is 0 Å². The normalized spacial score (nSPS) is 16.7. The molecule has 0 aliphatic rings. The van der Waals surface area contributed by atoms with Gasteiger partial charge in [0.15, 0.2) is 0 Å². The van der Waals surface area contributed by atoms with Gasteiger partial charge in [-0.05, 0) is 27.2 Å². The van der Waals surface area contributed by atoms with E-state index in [0.717, 1.165) is 0 Å². The van der Waals surface area contributed by atoms with E-state index in [1.165, 1.54) is 27.7 Å². The summed E-state index contributed by atoms with van der Waals surface area (Å²) in [6.07, 6.45) is -1.26. The van der Waals surface area contributed by atoms with Crippen molar-refractivity contribution >= 4 is 27.1 Å². The highest BCUT2D eigenvalue weighted by Gasteiger charge is 2.64. The molecule has 0 rings (SSSR count). The molecule has 0 aromatic carbocycles. The molecule has 0 aliphatic carbocycles. The molecule has 3 N–H and O–H groups in total. The standard InChI is InChI=1S/C13H27NO9P2/c1-5-13(24(18,19)21-6-2,14-11(15)9-10-12(16)17)25(20,22-7-3)23-8-4/h5-10H2,1-4H3,(H,14,15)(H,16,17)(H,18,19). The van der Waals surface area contributed by atoms with Gasteiger partial charge in [0.25, 0.3) is 0 Å². The Morgan fingerprint density at radius 2 is 1.44 bits per heavy atom. The quantitative estimate of drug-likeness (QED) is 0.394. The van der Waals surface area contributed by atoms with Gasteiger partial charge in [-0.15, -0.1) is 0 Å². The van der Waals surface area contributed by atoms with Crippen molar-refractivity contribution in [3.63, 3.8) is 0 Å². The predicted molar refractivity (Wildman–Crippen MR) is 90.3 cm³/mol. The van der Waals surface area contributed by atoms with E-state index in [2.05, 4.69) is 5.32 Å². The van der Waals surface area contributed by atoms with Gasteiger partial charge in [0.2, 0.25) is 10.9 Å². The van der Waals surface area contributed by atoms with Crippen LogP contribution in [0.2, 0.25) is 0 Å². The molecule has 25 heavy (non-hydrogen) atoms. The molecule has 0 spiro atoms. The van der Waals surface area contributed by atoms with Crippen molar-refractivity contribution in [1.82, 2.24) is 5.32 Å². The van der Waals surface area contributed by atoms with Crippen LogP contribution in [-0.4, -0.2) is 46.7 Å². The lowest BCUT2D eigenvalue weighted by Crippen LogP contribution is -2.49. The zero-order chi connectivity index (χ0) is 19.7. The summed E-state index contributed by atoms with van der Waals surface area (Å²) < 4.78 is 41.3. The van der Waals surface area contributed by atoms with Gasteiger partial charge in [-0.3, -0.25) is 18.7 Å². The molecule has 0 fully saturated rings. The molecule has 0 saturated heterocycles. The maximum Gasteiger partial charge on any atom is 0.368 e. The number of hydrogen-bond donors (Lipinski definition) is 3. The summed E-state index contributed by atoms with van der Waals surface area (Å²) in [4.78, 5) is 33.2. The van der Waals surface area contributed by atoms with Gasteiger partial charge in [0.05, 0.1) is 26.2 Å². The van der Waals surface area contributed by atoms with Crippen LogP contribution >= 0.6 is 15.2 Å². The highest BCUT2D eigenvalue weighted by molar-refractivity contribution is 7.73. The molecule has 148 valence electrons. The lowest BCUT2D eigenvalue weighted by atomic mass is 10.3. The first-order chi connectivity index (χ1) is 11.6. The zero-order valence-electron chi connectivity index (χ0n) is 14.9. The number of rotatable bonds is 13. The molecule has 0 saturated carbocycles. The molecule has 1 amide bonds. The second-order valence-corrected chi connectivity index (χ2v) is 9.57. The van der Waals surface area contributed by atoms with Gasteiger partial charge < -0.3 is 28.9 Å². The third-order valence-electron chi connectivity index (χ3n) is 3.22. The van der Waals surface area contributed by atoms with Crippen molar-refractivity contribution in [2.75, 3.05) is 19.8 Å². The van der Waals surface area contributed by atoms with Gasteiger partial charge in [0, 0.05) is 6.42 Å². The number of carboxylic acid groups (broad SMARTS) is 1. The second kappa shape index (κ2) is 10.4. The summed E-state index contributed by atoms with van der Waals surface area (Å²) >= 11 is 0. The Kier molecular flexibility index (Phi) is 10.1. The Bertz CT molecular complexity index is 544. The number of nitrogens with one attached hydrogen (secondary N) is 1. The van der Waals surface area contributed by atoms with Crippen LogP contribution in [0, 0.1) is 0 Å². The number of carbonyl (C=O) groups excluding carboxylic acids is 1. The molecule has 0 aromatic rings. The highest BCUT2D eigenvalue weighted by Crippen LogP contribution is 2.75. The first kappa shape index (κ1) is 24.2. The summed E-state index contributed by atoms with van der Waals surface area (Å²) in [6, 6.07) is 0. The Morgan fingerprint density at radius 1 is 0.960 bits per heavy atom. The Labute approximate surface area is 147 Å². The van der Waals surface area contributed by atoms with Crippen LogP contribution in [0.5, 0.6) is 0 Å². The molecular weight excluding hydrogens is 376 g/mol. The van der Waals surface area contributed by atoms with Crippen molar-refractivity contribution in [1.29, 1.82) is 0 Å². The monoisotopic (exact) mass is 403 g/mol. The highest BCUT2D eigenvalue weighted by atomic mass is 31.2. The minimum atomic E-state index is -4.71. The summed E-state index contributed by atoms with van der Waals surface area (Å²) in [5.74, 6) is -2.09. The number of amides is 1. The SMILES string of the molecule is CCOP(=O)(O)C(CC)(NC(=O)CCC(=O)O)P(=O)(OCC)OCC. The van der Waals surface area contributed by atoms with E-state index >= 15 is 0 Å². The molecular formula is C13H27NO9P2. The van der Waals surface area contributed by atoms with Crippen LogP contribution in [0.1, 0.15) is 47.0 Å². The maximum atomic E-state index is 13.3. The topological polar surface area (TPSA) is 148 Å². The van der Waals surface area contributed by atoms with Crippen molar-refractivity contribution in [2.24, 2.45) is 0 Å². The Balaban J connectivity index is 6.08. The number of carboxylic acids is 1. The molecule has 0 bridgehead atoms. The van der Waals surface area contributed by atoms with Crippen LogP contribution < -0.4 is 5.32 Å². The van der Waals surface area contributed by atoms with E-state index < -0.39 is 44.9 Å². The second-order valence-electron chi connectivity index (χ2n) is 4.88. The van der Waals surface area contributed by atoms with Crippen LogP contribution in [0.4, 0.5) is 0 Å². The average molecular weight is 403 g/mol. The van der Waals surface area contributed by atoms with Crippen molar-refractivity contribution in [2.45, 2.75) is 52.0 Å². The maximum absolute atomic E-state index is 13.3. The lowest BCUT2D eigenvalue weighted by molar-refractivity contribution is -0.138. The van der Waals surface area contributed by atoms with Gasteiger partial charge in [-0.2, -0.15) is 0 Å². The van der Waals surface area contributed by atoms with Crippen LogP contribution in [0.3, 0.4) is 0 Å². The number of hydrogen-bond acceptors (Lipinski definition) is 7. The number of aliphatic carboxylic acids is 1. The van der Waals surface area contributed by atoms with Crippen molar-refractivity contribution < 1.29 is 42.3 Å². The molecule has 0 radical (unpaired) electrons. The summed E-state index contributed by atoms with van der Waals surface area (Å²) in [7, 11) is -9.04. The van der Waals surface area contributed by atoms with Crippen LogP contribution in [0.15, 0.2) is 0 Å². The van der Waals surface area contributed by atoms with E-state index in [0.29, 0.717) is 0 Å². The smallest absolute Gasteiger partial charge is 0.368 e. The fraction of sp³-hybridized carbons (Fsp3) is 0.846. The molecule has 0 heterocycles. The lowest BCUT2D eigenvalue weighted by Gasteiger charge is -2.40.